The Morgan fingerprint density at radius 1 is 1.26 bits per heavy atom. The Bertz CT molecular complexity index is 1030. The number of hydrogen-bond acceptors (Lipinski definition) is 7. The van der Waals surface area contributed by atoms with Crippen LogP contribution in [-0.2, 0) is 21.0 Å². The number of likely N-dealkylation sites (tertiary alicyclic amines) is 1. The Balaban J connectivity index is 1.54. The number of nitrogens with zero attached hydrogens (tertiary/aromatic N) is 4. The molecule has 3 rings (SSSR count). The first-order chi connectivity index (χ1) is 16.3. The molecular weight excluding hydrogens is 464 g/mol. The highest BCUT2D eigenvalue weighted by atomic mass is 28.3. The summed E-state index contributed by atoms with van der Waals surface area (Å²) in [6, 6.07) is 2.99. The Kier molecular flexibility index (Phi) is 8.42. The standard InChI is InChI=1S/C24H40N6O4Si/c1-17-8-10-29(23(32)34-24(2,3)4)15-18(17)22(31)28-27-20-14-25-21-19(26-20)9-11-30(21)16-33-12-13-35(5,6)7/h9,11,14,17-18H,8,10,12-13,15-16H2,1-7H3,(H,26,27)(H,28,31). The van der Waals surface area contributed by atoms with Gasteiger partial charge in [0, 0.05) is 34.0 Å². The molecule has 1 fully saturated rings. The van der Waals surface area contributed by atoms with Crippen molar-refractivity contribution in [2.45, 2.75) is 72.1 Å². The van der Waals surface area contributed by atoms with Gasteiger partial charge in [-0.05, 0) is 45.2 Å². The highest BCUT2D eigenvalue weighted by Gasteiger charge is 2.35. The van der Waals surface area contributed by atoms with Crippen LogP contribution in [0.4, 0.5) is 10.6 Å². The minimum Gasteiger partial charge on any atom is -0.444 e. The number of hydrogen-bond donors (Lipinski definition) is 2. The second-order valence-electron chi connectivity index (χ2n) is 11.5. The van der Waals surface area contributed by atoms with Gasteiger partial charge in [-0.2, -0.15) is 0 Å². The van der Waals surface area contributed by atoms with Crippen molar-refractivity contribution in [2.75, 3.05) is 25.1 Å². The van der Waals surface area contributed by atoms with Gasteiger partial charge < -0.3 is 18.9 Å². The number of carbonyl (C=O) groups is 2. The molecule has 2 aromatic rings. The second-order valence-corrected chi connectivity index (χ2v) is 17.1. The molecule has 3 heterocycles. The van der Waals surface area contributed by atoms with Crippen LogP contribution in [0, 0.1) is 11.8 Å². The number of hydrazine groups is 1. The topological polar surface area (TPSA) is 111 Å². The fourth-order valence-electron chi connectivity index (χ4n) is 3.79. The molecule has 0 radical (unpaired) electrons. The zero-order valence-corrected chi connectivity index (χ0v) is 23.1. The van der Waals surface area contributed by atoms with Crippen LogP contribution in [0.15, 0.2) is 18.5 Å². The molecule has 2 atom stereocenters. The van der Waals surface area contributed by atoms with E-state index >= 15 is 0 Å². The summed E-state index contributed by atoms with van der Waals surface area (Å²) in [5, 5.41) is 0. The van der Waals surface area contributed by atoms with Gasteiger partial charge >= 0.3 is 6.09 Å². The van der Waals surface area contributed by atoms with E-state index in [-0.39, 0.29) is 23.8 Å². The van der Waals surface area contributed by atoms with Crippen LogP contribution in [0.3, 0.4) is 0 Å². The van der Waals surface area contributed by atoms with Gasteiger partial charge in [0.1, 0.15) is 17.8 Å². The van der Waals surface area contributed by atoms with Gasteiger partial charge in [0.2, 0.25) is 5.91 Å². The van der Waals surface area contributed by atoms with Crippen molar-refractivity contribution >= 4 is 37.1 Å². The monoisotopic (exact) mass is 504 g/mol. The van der Waals surface area contributed by atoms with Crippen LogP contribution in [0.2, 0.25) is 25.7 Å². The van der Waals surface area contributed by atoms with Crippen LogP contribution >= 0.6 is 0 Å². The summed E-state index contributed by atoms with van der Waals surface area (Å²) < 4.78 is 13.2. The van der Waals surface area contributed by atoms with Gasteiger partial charge in [-0.1, -0.05) is 26.6 Å². The van der Waals surface area contributed by atoms with Crippen molar-refractivity contribution < 1.29 is 19.1 Å². The van der Waals surface area contributed by atoms with E-state index in [0.717, 1.165) is 24.7 Å². The summed E-state index contributed by atoms with van der Waals surface area (Å²) in [5.74, 6) is 0.0330. The van der Waals surface area contributed by atoms with Crippen LogP contribution in [0.1, 0.15) is 34.1 Å². The zero-order valence-electron chi connectivity index (χ0n) is 22.1. The average molecular weight is 505 g/mol. The summed E-state index contributed by atoms with van der Waals surface area (Å²) in [5.41, 5.74) is 6.47. The maximum atomic E-state index is 12.9. The lowest BCUT2D eigenvalue weighted by Gasteiger charge is -2.36. The highest BCUT2D eigenvalue weighted by molar-refractivity contribution is 6.76. The van der Waals surface area contributed by atoms with E-state index in [2.05, 4.69) is 40.5 Å². The summed E-state index contributed by atoms with van der Waals surface area (Å²) in [6.07, 6.45) is 3.83. The molecule has 2 N–H and O–H groups in total. The summed E-state index contributed by atoms with van der Waals surface area (Å²) >= 11 is 0. The predicted octanol–water partition coefficient (Wildman–Crippen LogP) is 4.08. The van der Waals surface area contributed by atoms with Gasteiger partial charge in [-0.3, -0.25) is 15.6 Å². The lowest BCUT2D eigenvalue weighted by molar-refractivity contribution is -0.127. The minimum absolute atomic E-state index is 0.138. The first-order valence-corrected chi connectivity index (χ1v) is 16.0. The summed E-state index contributed by atoms with van der Waals surface area (Å²) in [7, 11) is -1.13. The number of nitrogens with one attached hydrogen (secondary N) is 2. The fourth-order valence-corrected chi connectivity index (χ4v) is 4.54. The highest BCUT2D eigenvalue weighted by Crippen LogP contribution is 2.25. The molecule has 2 amide bonds. The van der Waals surface area contributed by atoms with Gasteiger partial charge in [-0.15, -0.1) is 0 Å². The van der Waals surface area contributed by atoms with Crippen LogP contribution < -0.4 is 10.9 Å². The average Bonchev–Trinajstić information content (AvgIpc) is 3.15. The predicted molar refractivity (Wildman–Crippen MR) is 138 cm³/mol. The Labute approximate surface area is 208 Å². The number of piperidine rings is 1. The Morgan fingerprint density at radius 2 is 2.00 bits per heavy atom. The lowest BCUT2D eigenvalue weighted by atomic mass is 9.86. The van der Waals surface area contributed by atoms with E-state index in [0.29, 0.717) is 31.2 Å². The Morgan fingerprint density at radius 3 is 2.69 bits per heavy atom. The van der Waals surface area contributed by atoms with Gasteiger partial charge in [0.05, 0.1) is 12.1 Å². The lowest BCUT2D eigenvalue weighted by Crippen LogP contribution is -2.50. The molecule has 0 aromatic carbocycles. The van der Waals surface area contributed by atoms with Crippen molar-refractivity contribution in [3.05, 3.63) is 18.5 Å². The molecule has 2 aromatic heterocycles. The number of carbonyl (C=O) groups excluding carboxylic acids is 2. The molecule has 0 bridgehead atoms. The largest absolute Gasteiger partial charge is 0.444 e. The van der Waals surface area contributed by atoms with E-state index in [4.69, 9.17) is 9.47 Å². The van der Waals surface area contributed by atoms with E-state index < -0.39 is 13.7 Å². The van der Waals surface area contributed by atoms with Crippen molar-refractivity contribution in [1.29, 1.82) is 0 Å². The SMILES string of the molecule is CC1CCN(C(=O)OC(C)(C)C)CC1C(=O)NNc1cnc2c(ccn2COCC[Si](C)(C)C)n1. The smallest absolute Gasteiger partial charge is 0.410 e. The van der Waals surface area contributed by atoms with Crippen LogP contribution in [0.5, 0.6) is 0 Å². The molecular formula is C24H40N6O4Si. The van der Waals surface area contributed by atoms with E-state index in [9.17, 15) is 9.59 Å². The van der Waals surface area contributed by atoms with E-state index in [1.54, 1.807) is 11.1 Å². The number of amides is 2. The molecule has 0 saturated carbocycles. The van der Waals surface area contributed by atoms with Gasteiger partial charge in [0.25, 0.3) is 0 Å². The minimum atomic E-state index is -1.13. The maximum Gasteiger partial charge on any atom is 0.410 e. The van der Waals surface area contributed by atoms with Crippen molar-refractivity contribution in [3.8, 4) is 0 Å². The number of ether oxygens (including phenoxy) is 2. The normalized spacial score (nSPS) is 19.0. The molecule has 2 unspecified atom stereocenters. The van der Waals surface area contributed by atoms with Crippen LogP contribution in [-0.4, -0.2) is 64.8 Å². The molecule has 35 heavy (non-hydrogen) atoms. The maximum absolute atomic E-state index is 12.9. The Hall–Kier alpha value is -2.66. The number of anilines is 1. The summed E-state index contributed by atoms with van der Waals surface area (Å²) in [4.78, 5) is 36.0. The molecule has 11 heteroatoms. The number of fused-ring (bicyclic) bond motifs is 1. The van der Waals surface area contributed by atoms with E-state index in [1.165, 1.54) is 0 Å². The van der Waals surface area contributed by atoms with Crippen molar-refractivity contribution in [2.24, 2.45) is 11.8 Å². The molecule has 1 aliphatic heterocycles. The second kappa shape index (κ2) is 10.9. The first kappa shape index (κ1) is 26.9. The first-order valence-electron chi connectivity index (χ1n) is 12.3. The summed E-state index contributed by atoms with van der Waals surface area (Å²) in [6.45, 7) is 16.6. The quantitative estimate of drug-likeness (QED) is 0.317. The zero-order chi connectivity index (χ0) is 25.8. The van der Waals surface area contributed by atoms with E-state index in [1.807, 2.05) is 44.5 Å². The molecule has 194 valence electrons. The van der Waals surface area contributed by atoms with Crippen molar-refractivity contribution in [1.82, 2.24) is 24.9 Å². The third-order valence-corrected chi connectivity index (χ3v) is 7.65. The van der Waals surface area contributed by atoms with Gasteiger partial charge in [-0.25, -0.2) is 14.8 Å². The molecule has 1 aliphatic rings. The third-order valence-electron chi connectivity index (χ3n) is 5.95. The molecule has 0 spiro atoms. The number of rotatable bonds is 8. The van der Waals surface area contributed by atoms with Crippen molar-refractivity contribution in [3.63, 3.8) is 0 Å². The van der Waals surface area contributed by atoms with Gasteiger partial charge in [0.15, 0.2) is 11.5 Å². The number of aromatic nitrogens is 3. The van der Waals surface area contributed by atoms with Crippen LogP contribution in [0.25, 0.3) is 11.2 Å². The molecule has 10 nitrogen and oxygen atoms in total. The molecule has 0 aliphatic carbocycles. The fraction of sp³-hybridized carbons (Fsp3) is 0.667. The molecule has 1 saturated heterocycles. The third kappa shape index (κ3) is 7.92.